The van der Waals surface area contributed by atoms with Gasteiger partial charge in [0.2, 0.25) is 0 Å². The number of ether oxygens (including phenoxy) is 2. The average molecular weight is 393 g/mol. The van der Waals surface area contributed by atoms with Crippen molar-refractivity contribution in [2.24, 2.45) is 5.41 Å². The molecule has 27 heavy (non-hydrogen) atoms. The summed E-state index contributed by atoms with van der Waals surface area (Å²) in [7, 11) is 0. The Kier molecular flexibility index (Phi) is 7.82. The molecule has 1 aliphatic rings. The van der Waals surface area contributed by atoms with Gasteiger partial charge in [-0.05, 0) is 34.4 Å². The van der Waals surface area contributed by atoms with Crippen LogP contribution in [-0.2, 0) is 14.3 Å². The van der Waals surface area contributed by atoms with E-state index in [9.17, 15) is 4.79 Å². The zero-order valence-corrected chi connectivity index (χ0v) is 18.9. The van der Waals surface area contributed by atoms with E-state index in [1.165, 1.54) is 21.6 Å². The Labute approximate surface area is 169 Å². The van der Waals surface area contributed by atoms with Crippen LogP contribution in [0.3, 0.4) is 0 Å². The van der Waals surface area contributed by atoms with Gasteiger partial charge in [0.1, 0.15) is 6.61 Å². The van der Waals surface area contributed by atoms with Gasteiger partial charge in [-0.25, -0.2) is 0 Å². The molecule has 1 saturated heterocycles. The van der Waals surface area contributed by atoms with Gasteiger partial charge in [-0.2, -0.15) is 0 Å². The predicted molar refractivity (Wildman–Crippen MR) is 114 cm³/mol. The van der Waals surface area contributed by atoms with Crippen molar-refractivity contribution in [3.63, 3.8) is 0 Å². The summed E-state index contributed by atoms with van der Waals surface area (Å²) in [6, 6.07) is 4.72. The van der Waals surface area contributed by atoms with Gasteiger partial charge in [-0.15, -0.1) is 11.8 Å². The summed E-state index contributed by atoms with van der Waals surface area (Å²) in [5.74, 6) is 2.10. The molecule has 1 aliphatic heterocycles. The fraction of sp³-hybridized carbons (Fsp3) is 0.696. The van der Waals surface area contributed by atoms with Crippen molar-refractivity contribution in [3.05, 3.63) is 28.8 Å². The minimum atomic E-state index is -0.105. The highest BCUT2D eigenvalue weighted by molar-refractivity contribution is 7.99. The molecule has 0 unspecified atom stereocenters. The van der Waals surface area contributed by atoms with Crippen LogP contribution in [0.25, 0.3) is 0 Å². The molecule has 4 heteroatoms. The maximum atomic E-state index is 12.1. The Hall–Kier alpha value is -1.00. The smallest absolute Gasteiger partial charge is 0.306 e. The van der Waals surface area contributed by atoms with Gasteiger partial charge in [0, 0.05) is 16.1 Å². The standard InChI is InChI=1S/C23H36O3S/c1-15(2)18-10-19(16(3)4)22(20(11-18)17(5)6)27-9-8-21(24)26-14-23(7)12-25-13-23/h10-11,15-17H,8-9,12-14H2,1-7H3. The van der Waals surface area contributed by atoms with E-state index in [0.717, 1.165) is 5.75 Å². The molecule has 0 saturated carbocycles. The topological polar surface area (TPSA) is 35.5 Å². The Morgan fingerprint density at radius 3 is 2.04 bits per heavy atom. The van der Waals surface area contributed by atoms with Gasteiger partial charge in [0.15, 0.2) is 0 Å². The lowest BCUT2D eigenvalue weighted by Crippen LogP contribution is -2.44. The van der Waals surface area contributed by atoms with E-state index in [-0.39, 0.29) is 11.4 Å². The molecule has 3 nitrogen and oxygen atoms in total. The van der Waals surface area contributed by atoms with Crippen LogP contribution in [0, 0.1) is 5.41 Å². The first kappa shape index (κ1) is 22.3. The molecule has 152 valence electrons. The van der Waals surface area contributed by atoms with Crippen LogP contribution in [0.5, 0.6) is 0 Å². The molecule has 0 spiro atoms. The Morgan fingerprint density at radius 2 is 1.63 bits per heavy atom. The molecule has 0 radical (unpaired) electrons. The molecule has 0 amide bonds. The number of carbonyl (C=O) groups is 1. The van der Waals surface area contributed by atoms with Gasteiger partial charge in [-0.1, -0.05) is 60.6 Å². The van der Waals surface area contributed by atoms with Crippen molar-refractivity contribution in [1.29, 1.82) is 0 Å². The van der Waals surface area contributed by atoms with Gasteiger partial charge in [-0.3, -0.25) is 4.79 Å². The lowest BCUT2D eigenvalue weighted by atomic mass is 9.89. The fourth-order valence-corrected chi connectivity index (χ4v) is 4.55. The molecule has 1 fully saturated rings. The van der Waals surface area contributed by atoms with Gasteiger partial charge >= 0.3 is 5.97 Å². The maximum absolute atomic E-state index is 12.1. The zero-order valence-electron chi connectivity index (χ0n) is 18.1. The summed E-state index contributed by atoms with van der Waals surface area (Å²) >= 11 is 1.81. The second-order valence-electron chi connectivity index (χ2n) is 9.06. The van der Waals surface area contributed by atoms with Gasteiger partial charge in [0.05, 0.1) is 19.6 Å². The van der Waals surface area contributed by atoms with E-state index in [0.29, 0.717) is 44.0 Å². The molecular weight excluding hydrogens is 356 g/mol. The molecule has 1 heterocycles. The van der Waals surface area contributed by atoms with E-state index >= 15 is 0 Å². The number of thioether (sulfide) groups is 1. The third kappa shape index (κ3) is 5.99. The Morgan fingerprint density at radius 1 is 1.07 bits per heavy atom. The number of hydrogen-bond donors (Lipinski definition) is 0. The van der Waals surface area contributed by atoms with Gasteiger partial charge < -0.3 is 9.47 Å². The van der Waals surface area contributed by atoms with Crippen LogP contribution in [-0.4, -0.2) is 31.5 Å². The van der Waals surface area contributed by atoms with E-state index in [4.69, 9.17) is 9.47 Å². The van der Waals surface area contributed by atoms with Crippen LogP contribution in [0.2, 0.25) is 0 Å². The van der Waals surface area contributed by atoms with Crippen molar-refractivity contribution >= 4 is 17.7 Å². The second-order valence-corrected chi connectivity index (χ2v) is 10.2. The maximum Gasteiger partial charge on any atom is 0.306 e. The SMILES string of the molecule is CC(C)c1cc(C(C)C)c(SCCC(=O)OCC2(C)COC2)c(C(C)C)c1. The average Bonchev–Trinajstić information content (AvgIpc) is 2.57. The molecule has 0 bridgehead atoms. The fourth-order valence-electron chi connectivity index (χ4n) is 3.15. The number of rotatable bonds is 9. The van der Waals surface area contributed by atoms with E-state index in [1.807, 2.05) is 0 Å². The number of benzene rings is 1. The third-order valence-electron chi connectivity index (χ3n) is 5.11. The normalized spacial score (nSPS) is 16.1. The first-order valence-corrected chi connectivity index (χ1v) is 11.2. The Bertz CT molecular complexity index is 616. The summed E-state index contributed by atoms with van der Waals surface area (Å²) in [5.41, 5.74) is 4.23. The summed E-state index contributed by atoms with van der Waals surface area (Å²) < 4.78 is 10.7. The van der Waals surface area contributed by atoms with Crippen molar-refractivity contribution < 1.29 is 14.3 Å². The van der Waals surface area contributed by atoms with Crippen molar-refractivity contribution in [3.8, 4) is 0 Å². The summed E-state index contributed by atoms with van der Waals surface area (Å²) in [6.07, 6.45) is 0.447. The summed E-state index contributed by atoms with van der Waals surface area (Å²) in [5, 5.41) is 0. The first-order valence-electron chi connectivity index (χ1n) is 10.2. The molecule has 0 atom stereocenters. The molecule has 0 aliphatic carbocycles. The van der Waals surface area contributed by atoms with Crippen molar-refractivity contribution in [2.45, 2.75) is 77.5 Å². The predicted octanol–water partition coefficient (Wildman–Crippen LogP) is 6.12. The number of hydrogen-bond acceptors (Lipinski definition) is 4. The van der Waals surface area contributed by atoms with E-state index in [2.05, 4.69) is 60.6 Å². The van der Waals surface area contributed by atoms with Crippen LogP contribution in [0.1, 0.15) is 89.3 Å². The number of esters is 1. The minimum Gasteiger partial charge on any atom is -0.465 e. The zero-order chi connectivity index (χ0) is 20.2. The van der Waals surface area contributed by atoms with Crippen molar-refractivity contribution in [2.75, 3.05) is 25.6 Å². The first-order chi connectivity index (χ1) is 12.6. The van der Waals surface area contributed by atoms with E-state index < -0.39 is 0 Å². The lowest BCUT2D eigenvalue weighted by Gasteiger charge is -2.37. The highest BCUT2D eigenvalue weighted by Crippen LogP contribution is 2.38. The van der Waals surface area contributed by atoms with Crippen LogP contribution >= 0.6 is 11.8 Å². The monoisotopic (exact) mass is 392 g/mol. The highest BCUT2D eigenvalue weighted by Gasteiger charge is 2.34. The van der Waals surface area contributed by atoms with E-state index in [1.54, 1.807) is 11.8 Å². The quantitative estimate of drug-likeness (QED) is 0.375. The largest absolute Gasteiger partial charge is 0.465 e. The molecule has 1 aromatic rings. The third-order valence-corrected chi connectivity index (χ3v) is 6.28. The second kappa shape index (κ2) is 9.47. The van der Waals surface area contributed by atoms with Crippen LogP contribution in [0.4, 0.5) is 0 Å². The Balaban J connectivity index is 2.04. The molecule has 2 rings (SSSR count). The summed E-state index contributed by atoms with van der Waals surface area (Å²) in [6.45, 7) is 17.4. The lowest BCUT2D eigenvalue weighted by molar-refractivity contribution is -0.164. The highest BCUT2D eigenvalue weighted by atomic mass is 32.2. The molecule has 1 aromatic carbocycles. The van der Waals surface area contributed by atoms with Crippen LogP contribution < -0.4 is 0 Å². The molecule has 0 N–H and O–H groups in total. The molecule has 0 aromatic heterocycles. The number of carbonyl (C=O) groups excluding carboxylic acids is 1. The van der Waals surface area contributed by atoms with Crippen molar-refractivity contribution in [1.82, 2.24) is 0 Å². The minimum absolute atomic E-state index is 0.0190. The van der Waals surface area contributed by atoms with Gasteiger partial charge in [0.25, 0.3) is 0 Å². The summed E-state index contributed by atoms with van der Waals surface area (Å²) in [4.78, 5) is 13.5. The molecular formula is C23H36O3S. The van der Waals surface area contributed by atoms with Crippen LogP contribution in [0.15, 0.2) is 17.0 Å².